The summed E-state index contributed by atoms with van der Waals surface area (Å²) in [6.45, 7) is 3.22. The molecule has 7 nitrogen and oxygen atoms in total. The number of Topliss-reactive ketones (excluding diaryl/α,β-unsaturated/α-hetero) is 1. The minimum Gasteiger partial charge on any atom is -0.313 e. The van der Waals surface area contributed by atoms with E-state index in [0.717, 1.165) is 21.1 Å². The molecule has 4 rings (SSSR count). The van der Waals surface area contributed by atoms with Gasteiger partial charge in [-0.15, -0.1) is 0 Å². The van der Waals surface area contributed by atoms with Gasteiger partial charge in [-0.25, -0.2) is 4.79 Å². The number of hydrogen-bond donors (Lipinski definition) is 0. The summed E-state index contributed by atoms with van der Waals surface area (Å²) in [6, 6.07) is 18.1. The first-order chi connectivity index (χ1) is 15.3. The molecule has 3 aromatic rings. The number of benzene rings is 2. The van der Waals surface area contributed by atoms with Crippen LogP contribution in [0.4, 0.5) is 4.79 Å². The molecule has 0 saturated carbocycles. The van der Waals surface area contributed by atoms with Crippen LogP contribution in [0.5, 0.6) is 0 Å². The van der Waals surface area contributed by atoms with Crippen LogP contribution in [0, 0.1) is 6.92 Å². The number of nitrogens with zero attached hydrogens (tertiary/aromatic N) is 3. The zero-order valence-corrected chi connectivity index (χ0v) is 18.3. The van der Waals surface area contributed by atoms with E-state index in [4.69, 9.17) is 0 Å². The van der Waals surface area contributed by atoms with Gasteiger partial charge in [0.2, 0.25) is 11.8 Å². The van der Waals surface area contributed by atoms with Gasteiger partial charge < -0.3 is 4.57 Å². The zero-order chi connectivity index (χ0) is 23.2. The molecular formula is C25H23N3O4. The van der Waals surface area contributed by atoms with E-state index in [1.807, 2.05) is 65.2 Å². The summed E-state index contributed by atoms with van der Waals surface area (Å²) in [5.74, 6) is -2.86. The quantitative estimate of drug-likeness (QED) is 0.467. The van der Waals surface area contributed by atoms with E-state index >= 15 is 0 Å². The SMILES string of the molecule is CC(=O)c1c(C2C(=O)N(C)C(=O)N(C)C2=O)c(-c2ccccc2)n(-c2ccccc2)c1C. The lowest BCUT2D eigenvalue weighted by atomic mass is 9.87. The van der Waals surface area contributed by atoms with Crippen LogP contribution in [0.15, 0.2) is 60.7 Å². The molecule has 1 aromatic heterocycles. The Hall–Kier alpha value is -4.00. The fourth-order valence-corrected chi connectivity index (χ4v) is 4.37. The Morgan fingerprint density at radius 1 is 0.812 bits per heavy atom. The van der Waals surface area contributed by atoms with Gasteiger partial charge in [0, 0.05) is 36.6 Å². The van der Waals surface area contributed by atoms with Crippen molar-refractivity contribution in [2.24, 2.45) is 0 Å². The van der Waals surface area contributed by atoms with Gasteiger partial charge >= 0.3 is 6.03 Å². The molecule has 1 fully saturated rings. The minimum atomic E-state index is -1.31. The second-order valence-electron chi connectivity index (χ2n) is 7.83. The third kappa shape index (κ3) is 3.13. The Morgan fingerprint density at radius 2 is 1.31 bits per heavy atom. The molecule has 0 atom stereocenters. The molecule has 0 bridgehead atoms. The number of carbonyl (C=O) groups excluding carboxylic acids is 4. The first-order valence-electron chi connectivity index (χ1n) is 10.2. The van der Waals surface area contributed by atoms with E-state index in [1.165, 1.54) is 21.0 Å². The monoisotopic (exact) mass is 429 g/mol. The molecule has 0 radical (unpaired) electrons. The number of hydrogen-bond acceptors (Lipinski definition) is 4. The van der Waals surface area contributed by atoms with Gasteiger partial charge in [-0.3, -0.25) is 24.2 Å². The van der Waals surface area contributed by atoms with Crippen LogP contribution in [0.1, 0.15) is 34.5 Å². The molecule has 1 aliphatic heterocycles. The van der Waals surface area contributed by atoms with E-state index < -0.39 is 23.8 Å². The fraction of sp³-hybridized carbons (Fsp3) is 0.200. The molecule has 1 aliphatic rings. The molecule has 4 amide bonds. The Balaban J connectivity index is 2.13. The van der Waals surface area contributed by atoms with Crippen LogP contribution < -0.4 is 0 Å². The van der Waals surface area contributed by atoms with Crippen LogP contribution in [0.3, 0.4) is 0 Å². The van der Waals surface area contributed by atoms with E-state index in [2.05, 4.69) is 0 Å². The summed E-state index contributed by atoms with van der Waals surface area (Å²) in [7, 11) is 2.69. The van der Waals surface area contributed by atoms with Gasteiger partial charge in [0.05, 0.1) is 5.69 Å². The molecule has 0 aliphatic carbocycles. The summed E-state index contributed by atoms with van der Waals surface area (Å²) in [6.07, 6.45) is 0. The van der Waals surface area contributed by atoms with Crippen LogP contribution in [-0.2, 0) is 9.59 Å². The van der Waals surface area contributed by atoms with Crippen molar-refractivity contribution in [3.63, 3.8) is 0 Å². The van der Waals surface area contributed by atoms with Crippen LogP contribution in [-0.4, -0.2) is 52.1 Å². The van der Waals surface area contributed by atoms with Crippen molar-refractivity contribution >= 4 is 23.6 Å². The highest BCUT2D eigenvalue weighted by Crippen LogP contribution is 2.41. The third-order valence-corrected chi connectivity index (χ3v) is 5.88. The van der Waals surface area contributed by atoms with Crippen molar-refractivity contribution in [2.75, 3.05) is 14.1 Å². The molecule has 2 heterocycles. The lowest BCUT2D eigenvalue weighted by Gasteiger charge is -2.33. The Labute approximate surface area is 185 Å². The number of imide groups is 2. The number of aromatic nitrogens is 1. The van der Waals surface area contributed by atoms with Gasteiger partial charge in [0.1, 0.15) is 5.92 Å². The maximum absolute atomic E-state index is 13.2. The molecule has 0 N–H and O–H groups in total. The third-order valence-electron chi connectivity index (χ3n) is 5.88. The van der Waals surface area contributed by atoms with Gasteiger partial charge in [0.15, 0.2) is 5.78 Å². The minimum absolute atomic E-state index is 0.257. The Morgan fingerprint density at radius 3 is 1.81 bits per heavy atom. The van der Waals surface area contributed by atoms with Gasteiger partial charge in [-0.05, 0) is 31.5 Å². The molecule has 162 valence electrons. The summed E-state index contributed by atoms with van der Waals surface area (Å²) < 4.78 is 1.90. The topological polar surface area (TPSA) is 79.7 Å². The molecule has 32 heavy (non-hydrogen) atoms. The van der Waals surface area contributed by atoms with E-state index in [9.17, 15) is 19.2 Å². The van der Waals surface area contributed by atoms with E-state index in [-0.39, 0.29) is 5.78 Å². The largest absolute Gasteiger partial charge is 0.332 e. The second-order valence-corrected chi connectivity index (χ2v) is 7.83. The predicted octanol–water partition coefficient (Wildman–Crippen LogP) is 3.79. The number of likely N-dealkylation sites (N-methyl/N-ethyl adjacent to an activating group) is 2. The average Bonchev–Trinajstić information content (AvgIpc) is 3.10. The summed E-state index contributed by atoms with van der Waals surface area (Å²) in [4.78, 5) is 53.5. The smallest absolute Gasteiger partial charge is 0.313 e. The van der Waals surface area contributed by atoms with Crippen molar-refractivity contribution in [2.45, 2.75) is 19.8 Å². The van der Waals surface area contributed by atoms with Crippen molar-refractivity contribution in [1.82, 2.24) is 14.4 Å². The Kier molecular flexibility index (Phi) is 5.26. The van der Waals surface area contributed by atoms with Crippen molar-refractivity contribution < 1.29 is 19.2 Å². The number of ketones is 1. The van der Waals surface area contributed by atoms with E-state index in [1.54, 1.807) is 6.92 Å². The number of carbonyl (C=O) groups is 4. The van der Waals surface area contributed by atoms with Crippen LogP contribution in [0.2, 0.25) is 0 Å². The standard InChI is InChI=1S/C25H23N3O4/c1-15-19(16(2)29)20(21-23(30)26(3)25(32)27(4)24(21)31)22(17-11-7-5-8-12-17)28(15)18-13-9-6-10-14-18/h5-14,21H,1-4H3. The summed E-state index contributed by atoms with van der Waals surface area (Å²) in [5, 5.41) is 0. The van der Waals surface area contributed by atoms with Crippen molar-refractivity contribution in [1.29, 1.82) is 0 Å². The van der Waals surface area contributed by atoms with Gasteiger partial charge in [-0.2, -0.15) is 0 Å². The van der Waals surface area contributed by atoms with Crippen molar-refractivity contribution in [3.05, 3.63) is 77.5 Å². The normalized spacial score (nSPS) is 14.9. The Bertz CT molecular complexity index is 1220. The number of urea groups is 1. The van der Waals surface area contributed by atoms with E-state index in [0.29, 0.717) is 22.5 Å². The summed E-state index contributed by atoms with van der Waals surface area (Å²) >= 11 is 0. The highest BCUT2D eigenvalue weighted by Gasteiger charge is 2.47. The molecule has 0 spiro atoms. The van der Waals surface area contributed by atoms with Gasteiger partial charge in [-0.1, -0.05) is 48.5 Å². The van der Waals surface area contributed by atoms with Crippen LogP contribution >= 0.6 is 0 Å². The van der Waals surface area contributed by atoms with Crippen LogP contribution in [0.25, 0.3) is 16.9 Å². The lowest BCUT2D eigenvalue weighted by Crippen LogP contribution is -2.56. The number of rotatable bonds is 4. The second kappa shape index (κ2) is 7.92. The lowest BCUT2D eigenvalue weighted by molar-refractivity contribution is -0.143. The maximum Gasteiger partial charge on any atom is 0.332 e. The summed E-state index contributed by atoms with van der Waals surface area (Å²) in [5.41, 5.74) is 3.40. The number of barbiturate groups is 1. The number of para-hydroxylation sites is 1. The first-order valence-corrected chi connectivity index (χ1v) is 10.2. The molecule has 0 unspecified atom stereocenters. The predicted molar refractivity (Wildman–Crippen MR) is 120 cm³/mol. The molecule has 1 saturated heterocycles. The maximum atomic E-state index is 13.2. The van der Waals surface area contributed by atoms with Crippen molar-refractivity contribution in [3.8, 4) is 16.9 Å². The molecule has 7 heteroatoms. The highest BCUT2D eigenvalue weighted by molar-refractivity contribution is 6.21. The molecular weight excluding hydrogens is 406 g/mol. The fourth-order valence-electron chi connectivity index (χ4n) is 4.37. The number of amides is 4. The zero-order valence-electron chi connectivity index (χ0n) is 18.3. The first kappa shape index (κ1) is 21.2. The van der Waals surface area contributed by atoms with Gasteiger partial charge in [0.25, 0.3) is 0 Å². The highest BCUT2D eigenvalue weighted by atomic mass is 16.2. The average molecular weight is 429 g/mol. The molecule has 2 aromatic carbocycles.